The third-order valence-corrected chi connectivity index (χ3v) is 3.41. The number of hydrogen-bond acceptors (Lipinski definition) is 5. The summed E-state index contributed by atoms with van der Waals surface area (Å²) in [6.45, 7) is 2.16. The van der Waals surface area contributed by atoms with Crippen LogP contribution in [0, 0.1) is 6.92 Å². The SMILES string of the molecule is Cc1nnc(NC(=O)CCOc2cccc(Br)c2)s1. The number of halogens is 1. The largest absolute Gasteiger partial charge is 0.493 e. The van der Waals surface area contributed by atoms with Crippen LogP contribution >= 0.6 is 27.3 Å². The molecule has 0 aliphatic rings. The first-order chi connectivity index (χ1) is 9.13. The molecule has 0 spiro atoms. The van der Waals surface area contributed by atoms with Crippen LogP contribution in [0.5, 0.6) is 5.75 Å². The molecule has 0 unspecified atom stereocenters. The second-order valence-corrected chi connectivity index (χ2v) is 5.83. The molecule has 2 aromatic rings. The Morgan fingerprint density at radius 2 is 2.32 bits per heavy atom. The van der Waals surface area contributed by atoms with Gasteiger partial charge in [0.25, 0.3) is 0 Å². The van der Waals surface area contributed by atoms with Gasteiger partial charge in [-0.2, -0.15) is 0 Å². The highest BCUT2D eigenvalue weighted by atomic mass is 79.9. The van der Waals surface area contributed by atoms with E-state index in [-0.39, 0.29) is 12.3 Å². The Morgan fingerprint density at radius 3 is 3.00 bits per heavy atom. The van der Waals surface area contributed by atoms with Crippen LogP contribution < -0.4 is 10.1 Å². The molecular formula is C12H12BrN3O2S. The fraction of sp³-hybridized carbons (Fsp3) is 0.250. The van der Waals surface area contributed by atoms with E-state index >= 15 is 0 Å². The van der Waals surface area contributed by atoms with Gasteiger partial charge in [-0.25, -0.2) is 0 Å². The number of anilines is 1. The molecule has 5 nitrogen and oxygen atoms in total. The van der Waals surface area contributed by atoms with Gasteiger partial charge < -0.3 is 10.1 Å². The van der Waals surface area contributed by atoms with Crippen LogP contribution in [0.25, 0.3) is 0 Å². The summed E-state index contributed by atoms with van der Waals surface area (Å²) in [6.07, 6.45) is 0.269. The quantitative estimate of drug-likeness (QED) is 0.907. The van der Waals surface area contributed by atoms with Crippen LogP contribution in [0.15, 0.2) is 28.7 Å². The van der Waals surface area contributed by atoms with Crippen molar-refractivity contribution in [2.45, 2.75) is 13.3 Å². The zero-order valence-corrected chi connectivity index (χ0v) is 12.6. The Hall–Kier alpha value is -1.47. The molecule has 0 saturated carbocycles. The van der Waals surface area contributed by atoms with Crippen molar-refractivity contribution >= 4 is 38.3 Å². The third-order valence-electron chi connectivity index (χ3n) is 2.17. The van der Waals surface area contributed by atoms with Crippen molar-refractivity contribution in [3.8, 4) is 5.75 Å². The van der Waals surface area contributed by atoms with Gasteiger partial charge in [-0.1, -0.05) is 33.3 Å². The number of aromatic nitrogens is 2. The van der Waals surface area contributed by atoms with Crippen molar-refractivity contribution < 1.29 is 9.53 Å². The van der Waals surface area contributed by atoms with E-state index in [0.29, 0.717) is 11.7 Å². The minimum Gasteiger partial charge on any atom is -0.493 e. The van der Waals surface area contributed by atoms with Crippen LogP contribution in [0.3, 0.4) is 0 Å². The van der Waals surface area contributed by atoms with E-state index in [1.165, 1.54) is 11.3 Å². The molecule has 0 fully saturated rings. The fourth-order valence-corrected chi connectivity index (χ4v) is 2.33. The lowest BCUT2D eigenvalue weighted by Gasteiger charge is -2.05. The Kier molecular flexibility index (Phi) is 4.86. The predicted molar refractivity (Wildman–Crippen MR) is 77.5 cm³/mol. The van der Waals surface area contributed by atoms with Crippen molar-refractivity contribution in [1.82, 2.24) is 10.2 Å². The van der Waals surface area contributed by atoms with Gasteiger partial charge in [0.15, 0.2) is 0 Å². The van der Waals surface area contributed by atoms with E-state index in [1.54, 1.807) is 0 Å². The second kappa shape index (κ2) is 6.63. The maximum atomic E-state index is 11.6. The highest BCUT2D eigenvalue weighted by Crippen LogP contribution is 2.18. The molecular weight excluding hydrogens is 330 g/mol. The minimum absolute atomic E-state index is 0.133. The van der Waals surface area contributed by atoms with Crippen molar-refractivity contribution in [3.63, 3.8) is 0 Å². The maximum absolute atomic E-state index is 11.6. The average molecular weight is 342 g/mol. The molecule has 2 rings (SSSR count). The van der Waals surface area contributed by atoms with E-state index < -0.39 is 0 Å². The molecule has 0 radical (unpaired) electrons. The number of ether oxygens (including phenoxy) is 1. The van der Waals surface area contributed by atoms with Crippen molar-refractivity contribution in [2.75, 3.05) is 11.9 Å². The molecule has 1 N–H and O–H groups in total. The molecule has 0 aliphatic carbocycles. The van der Waals surface area contributed by atoms with E-state index in [1.807, 2.05) is 31.2 Å². The highest BCUT2D eigenvalue weighted by Gasteiger charge is 2.06. The molecule has 1 aromatic carbocycles. The average Bonchev–Trinajstić information content (AvgIpc) is 2.75. The molecule has 0 bridgehead atoms. The first-order valence-electron chi connectivity index (χ1n) is 5.62. The molecule has 7 heteroatoms. The Bertz CT molecular complexity index is 574. The van der Waals surface area contributed by atoms with Crippen LogP contribution in [0.4, 0.5) is 5.13 Å². The van der Waals surface area contributed by atoms with Gasteiger partial charge in [0.1, 0.15) is 10.8 Å². The number of nitrogens with zero attached hydrogens (tertiary/aromatic N) is 2. The number of nitrogens with one attached hydrogen (secondary N) is 1. The standard InChI is InChI=1S/C12H12BrN3O2S/c1-8-15-16-12(19-8)14-11(17)5-6-18-10-4-2-3-9(13)7-10/h2-4,7H,5-6H2,1H3,(H,14,16,17). The highest BCUT2D eigenvalue weighted by molar-refractivity contribution is 9.10. The van der Waals surface area contributed by atoms with Gasteiger partial charge in [-0.15, -0.1) is 10.2 Å². The number of benzene rings is 1. The summed E-state index contributed by atoms with van der Waals surface area (Å²) in [5.74, 6) is 0.597. The smallest absolute Gasteiger partial charge is 0.229 e. The third kappa shape index (κ3) is 4.60. The summed E-state index contributed by atoms with van der Waals surface area (Å²) < 4.78 is 6.42. The van der Waals surface area contributed by atoms with Gasteiger partial charge in [0.05, 0.1) is 13.0 Å². The first kappa shape index (κ1) is 14.0. The topological polar surface area (TPSA) is 64.1 Å². The zero-order chi connectivity index (χ0) is 13.7. The van der Waals surface area contributed by atoms with Crippen molar-refractivity contribution in [3.05, 3.63) is 33.7 Å². The van der Waals surface area contributed by atoms with E-state index in [9.17, 15) is 4.79 Å². The monoisotopic (exact) mass is 341 g/mol. The summed E-state index contributed by atoms with van der Waals surface area (Å²) in [5.41, 5.74) is 0. The summed E-state index contributed by atoms with van der Waals surface area (Å²) >= 11 is 4.70. The molecule has 0 atom stereocenters. The van der Waals surface area contributed by atoms with Gasteiger partial charge in [-0.3, -0.25) is 4.79 Å². The van der Waals surface area contributed by atoms with Crippen LogP contribution in [-0.2, 0) is 4.79 Å². The maximum Gasteiger partial charge on any atom is 0.229 e. The fourth-order valence-electron chi connectivity index (χ4n) is 1.35. The van der Waals surface area contributed by atoms with Gasteiger partial charge in [-0.05, 0) is 25.1 Å². The number of carbonyl (C=O) groups excluding carboxylic acids is 1. The van der Waals surface area contributed by atoms with Crippen molar-refractivity contribution in [2.24, 2.45) is 0 Å². The number of carbonyl (C=O) groups is 1. The van der Waals surface area contributed by atoms with Gasteiger partial charge >= 0.3 is 0 Å². The molecule has 0 aliphatic heterocycles. The zero-order valence-electron chi connectivity index (χ0n) is 10.2. The predicted octanol–water partition coefficient (Wildman–Crippen LogP) is 3.02. The second-order valence-electron chi connectivity index (χ2n) is 3.73. The lowest BCUT2D eigenvalue weighted by molar-refractivity contribution is -0.116. The Balaban J connectivity index is 1.75. The van der Waals surface area contributed by atoms with Gasteiger partial charge in [0, 0.05) is 4.47 Å². The molecule has 1 amide bonds. The Morgan fingerprint density at radius 1 is 1.47 bits per heavy atom. The van der Waals surface area contributed by atoms with Crippen LogP contribution in [-0.4, -0.2) is 22.7 Å². The van der Waals surface area contributed by atoms with E-state index in [2.05, 4.69) is 31.4 Å². The number of hydrogen-bond donors (Lipinski definition) is 1. The lowest BCUT2D eigenvalue weighted by Crippen LogP contribution is -2.15. The number of rotatable bonds is 5. The summed E-state index contributed by atoms with van der Waals surface area (Å²) in [6, 6.07) is 7.49. The number of amides is 1. The molecule has 1 heterocycles. The van der Waals surface area contributed by atoms with E-state index in [4.69, 9.17) is 4.74 Å². The number of aryl methyl sites for hydroxylation is 1. The Labute approximate surface area is 123 Å². The molecule has 0 saturated heterocycles. The van der Waals surface area contributed by atoms with E-state index in [0.717, 1.165) is 15.2 Å². The summed E-state index contributed by atoms with van der Waals surface area (Å²) in [7, 11) is 0. The summed E-state index contributed by atoms with van der Waals surface area (Å²) in [5, 5.41) is 11.7. The summed E-state index contributed by atoms with van der Waals surface area (Å²) in [4.78, 5) is 11.6. The van der Waals surface area contributed by atoms with Crippen LogP contribution in [0.1, 0.15) is 11.4 Å². The molecule has 1 aromatic heterocycles. The molecule has 19 heavy (non-hydrogen) atoms. The lowest BCUT2D eigenvalue weighted by atomic mass is 10.3. The van der Waals surface area contributed by atoms with Gasteiger partial charge in [0.2, 0.25) is 11.0 Å². The van der Waals surface area contributed by atoms with Crippen molar-refractivity contribution in [1.29, 1.82) is 0 Å². The first-order valence-corrected chi connectivity index (χ1v) is 7.23. The van der Waals surface area contributed by atoms with Crippen LogP contribution in [0.2, 0.25) is 0 Å². The molecule has 100 valence electrons. The minimum atomic E-state index is -0.133. The normalized spacial score (nSPS) is 10.2.